The van der Waals surface area contributed by atoms with Gasteiger partial charge in [0.2, 0.25) is 0 Å². The number of nitriles is 2. The van der Waals surface area contributed by atoms with Gasteiger partial charge in [-0.25, -0.2) is 0 Å². The number of anilines is 3. The van der Waals surface area contributed by atoms with Gasteiger partial charge in [0.1, 0.15) is 5.58 Å². The first-order chi connectivity index (χ1) is 22.6. The van der Waals surface area contributed by atoms with Gasteiger partial charge >= 0.3 is 0 Å². The molecule has 46 heavy (non-hydrogen) atoms. The van der Waals surface area contributed by atoms with E-state index < -0.39 is 0 Å². The van der Waals surface area contributed by atoms with Crippen molar-refractivity contribution >= 4 is 50.4 Å². The van der Waals surface area contributed by atoms with Crippen LogP contribution in [0.1, 0.15) is 11.1 Å². The highest BCUT2D eigenvalue weighted by Crippen LogP contribution is 2.43. The first-order valence-corrected chi connectivity index (χ1v) is 14.4. The van der Waals surface area contributed by atoms with Crippen molar-refractivity contribution in [1.29, 1.82) is 10.5 Å². The van der Waals surface area contributed by atoms with E-state index in [1.54, 1.807) is 30.3 Å². The molecule has 212 valence electrons. The summed E-state index contributed by atoms with van der Waals surface area (Å²) in [5.74, 6) is 0. The Morgan fingerprint density at radius 1 is 0.543 bits per heavy atom. The van der Waals surface area contributed by atoms with Crippen LogP contribution < -0.4 is 4.90 Å². The molecule has 0 N–H and O–H groups in total. The Balaban J connectivity index is 1.36. The van der Waals surface area contributed by atoms with Crippen molar-refractivity contribution in [1.82, 2.24) is 0 Å². The van der Waals surface area contributed by atoms with Crippen molar-refractivity contribution in [3.63, 3.8) is 0 Å². The predicted octanol–water partition coefficient (Wildman–Crippen LogP) is 11.2. The number of fused-ring (bicyclic) bond motifs is 3. The molecule has 6 heteroatoms. The van der Waals surface area contributed by atoms with Crippen LogP contribution >= 0.6 is 0 Å². The number of rotatable bonds is 5. The molecule has 0 saturated heterocycles. The van der Waals surface area contributed by atoms with E-state index >= 15 is 0 Å². The van der Waals surface area contributed by atoms with Gasteiger partial charge in [-0.1, -0.05) is 72.8 Å². The van der Waals surface area contributed by atoms with Crippen molar-refractivity contribution in [3.8, 4) is 34.4 Å². The van der Waals surface area contributed by atoms with Crippen LogP contribution in [0.4, 0.5) is 28.4 Å². The van der Waals surface area contributed by atoms with Crippen LogP contribution in [0.3, 0.4) is 0 Å². The average molecular weight is 588 g/mol. The van der Waals surface area contributed by atoms with Crippen molar-refractivity contribution in [3.05, 3.63) is 161 Å². The van der Waals surface area contributed by atoms with Crippen LogP contribution in [0.5, 0.6) is 0 Å². The summed E-state index contributed by atoms with van der Waals surface area (Å²) in [6, 6.07) is 44.9. The highest BCUT2D eigenvalue weighted by Gasteiger charge is 2.19. The van der Waals surface area contributed by atoms with E-state index in [1.165, 1.54) is 0 Å². The van der Waals surface area contributed by atoms with Crippen molar-refractivity contribution in [2.45, 2.75) is 0 Å². The Kier molecular flexibility index (Phi) is 6.94. The van der Waals surface area contributed by atoms with E-state index in [-0.39, 0.29) is 0 Å². The number of para-hydroxylation sites is 2. The Morgan fingerprint density at radius 3 is 1.76 bits per heavy atom. The summed E-state index contributed by atoms with van der Waals surface area (Å²) >= 11 is 0. The van der Waals surface area contributed by atoms with Crippen LogP contribution in [0, 0.1) is 35.8 Å². The molecule has 6 aromatic carbocycles. The van der Waals surface area contributed by atoms with E-state index in [4.69, 9.17) is 17.6 Å². The van der Waals surface area contributed by atoms with Crippen LogP contribution in [-0.2, 0) is 0 Å². The zero-order valence-electron chi connectivity index (χ0n) is 24.3. The van der Waals surface area contributed by atoms with Crippen LogP contribution in [0.25, 0.3) is 53.9 Å². The molecule has 6 nitrogen and oxygen atoms in total. The summed E-state index contributed by atoms with van der Waals surface area (Å²) in [7, 11) is 0. The van der Waals surface area contributed by atoms with Gasteiger partial charge in [0, 0.05) is 22.1 Å². The molecule has 0 fully saturated rings. The number of benzene rings is 6. The predicted molar refractivity (Wildman–Crippen MR) is 181 cm³/mol. The maximum Gasteiger partial charge on any atom is 0.195 e. The fraction of sp³-hybridized carbons (Fsp3) is 0. The van der Waals surface area contributed by atoms with Gasteiger partial charge in [0.25, 0.3) is 0 Å². The normalized spacial score (nSPS) is 10.5. The number of hydrogen-bond donors (Lipinski definition) is 0. The van der Waals surface area contributed by atoms with E-state index in [1.807, 2.05) is 84.9 Å². The molecule has 0 radical (unpaired) electrons. The molecule has 0 saturated carbocycles. The molecule has 7 rings (SSSR count). The van der Waals surface area contributed by atoms with Gasteiger partial charge in [-0.15, -0.1) is 0 Å². The van der Waals surface area contributed by atoms with Gasteiger partial charge < -0.3 is 9.32 Å². The molecule has 0 aliphatic rings. The molecule has 0 amide bonds. The quantitative estimate of drug-likeness (QED) is 0.188. The first kappa shape index (κ1) is 27.7. The molecular weight excluding hydrogens is 566 g/mol. The summed E-state index contributed by atoms with van der Waals surface area (Å²) in [4.78, 5) is 9.13. The Bertz CT molecular complexity index is 2430. The highest BCUT2D eigenvalue weighted by molar-refractivity contribution is 6.10. The molecule has 0 aliphatic heterocycles. The third kappa shape index (κ3) is 4.86. The lowest BCUT2D eigenvalue weighted by Gasteiger charge is -2.26. The minimum absolute atomic E-state index is 0.331. The Hall–Kier alpha value is -7.12. The lowest BCUT2D eigenvalue weighted by atomic mass is 10.00. The monoisotopic (exact) mass is 587 g/mol. The molecule has 1 heterocycles. The molecule has 0 atom stereocenters. The van der Waals surface area contributed by atoms with E-state index in [0.717, 1.165) is 61.3 Å². The fourth-order valence-electron chi connectivity index (χ4n) is 5.75. The average Bonchev–Trinajstić information content (AvgIpc) is 3.51. The fourth-order valence-corrected chi connectivity index (χ4v) is 5.75. The zero-order chi connectivity index (χ0) is 31.6. The van der Waals surface area contributed by atoms with Crippen LogP contribution in [0.15, 0.2) is 132 Å². The topological polar surface area (TPSA) is 72.7 Å². The second-order valence-corrected chi connectivity index (χ2v) is 10.6. The Morgan fingerprint density at radius 2 is 1.13 bits per heavy atom. The summed E-state index contributed by atoms with van der Waals surface area (Å²) in [6.07, 6.45) is 0. The summed E-state index contributed by atoms with van der Waals surface area (Å²) < 4.78 is 6.44. The number of nitrogens with zero attached hydrogens (tertiary/aromatic N) is 5. The van der Waals surface area contributed by atoms with Gasteiger partial charge in [-0.2, -0.15) is 10.5 Å². The molecule has 0 aliphatic carbocycles. The number of hydrogen-bond acceptors (Lipinski definition) is 4. The van der Waals surface area contributed by atoms with E-state index in [0.29, 0.717) is 22.5 Å². The maximum atomic E-state index is 9.48. The highest BCUT2D eigenvalue weighted by atomic mass is 16.3. The second-order valence-electron chi connectivity index (χ2n) is 10.6. The number of furan rings is 1. The lowest BCUT2D eigenvalue weighted by Crippen LogP contribution is -2.10. The van der Waals surface area contributed by atoms with Crippen molar-refractivity contribution < 1.29 is 4.42 Å². The first-order valence-electron chi connectivity index (χ1n) is 14.4. The van der Waals surface area contributed by atoms with Crippen molar-refractivity contribution in [2.75, 3.05) is 4.90 Å². The van der Waals surface area contributed by atoms with Gasteiger partial charge in [0.05, 0.1) is 42.1 Å². The lowest BCUT2D eigenvalue weighted by molar-refractivity contribution is 0.669. The molecule has 7 aromatic rings. The third-order valence-corrected chi connectivity index (χ3v) is 7.95. The third-order valence-electron chi connectivity index (χ3n) is 7.95. The van der Waals surface area contributed by atoms with Crippen molar-refractivity contribution in [2.24, 2.45) is 0 Å². The summed E-state index contributed by atoms with van der Waals surface area (Å²) in [6.45, 7) is 14.8. The molecule has 1 aromatic heterocycles. The Labute approximate surface area is 265 Å². The van der Waals surface area contributed by atoms with E-state index in [2.05, 4.69) is 38.9 Å². The largest absolute Gasteiger partial charge is 0.454 e. The van der Waals surface area contributed by atoms with Gasteiger partial charge in [-0.3, -0.25) is 9.69 Å². The zero-order valence-corrected chi connectivity index (χ0v) is 24.3. The minimum Gasteiger partial charge on any atom is -0.454 e. The molecule has 0 unspecified atom stereocenters. The standard InChI is InChI=1S/C40H21N5O/c1-43-36-19-14-30(23-37(36)44-2)28-10-15-32(16-11-28)45(38-8-5-7-35-34-6-3-4-9-39(34)46-40(35)38)33-17-12-29(13-18-33)31-21-26(24-41)20-27(22-31)25-42/h3-23H. The SMILES string of the molecule is [C-]#[N+]c1ccc(-c2ccc(N(c3ccc(-c4cc(C#N)cc(C#N)c4)cc3)c3cccc4c3oc3ccccc34)cc2)cc1[N+]#[C-]. The van der Waals surface area contributed by atoms with Gasteiger partial charge in [0.15, 0.2) is 17.0 Å². The van der Waals surface area contributed by atoms with E-state index in [9.17, 15) is 10.5 Å². The summed E-state index contributed by atoms with van der Waals surface area (Å²) in [5, 5.41) is 21.0. The van der Waals surface area contributed by atoms with Crippen LogP contribution in [-0.4, -0.2) is 0 Å². The molecular formula is C40H21N5O. The minimum atomic E-state index is 0.331. The summed E-state index contributed by atoms with van der Waals surface area (Å²) in [5.41, 5.74) is 9.20. The second kappa shape index (κ2) is 11.5. The maximum absolute atomic E-state index is 9.48. The smallest absolute Gasteiger partial charge is 0.195 e. The molecule has 0 spiro atoms. The van der Waals surface area contributed by atoms with Crippen LogP contribution in [0.2, 0.25) is 0 Å². The van der Waals surface area contributed by atoms with Gasteiger partial charge in [-0.05, 0) is 76.9 Å². The molecule has 0 bridgehead atoms.